The Morgan fingerprint density at radius 2 is 1.29 bits per heavy atom. The lowest BCUT2D eigenvalue weighted by Gasteiger charge is -2.44. The fourth-order valence-corrected chi connectivity index (χ4v) is 6.85. The molecule has 1 N–H and O–H groups in total. The molecule has 0 unspecified atom stereocenters. The van der Waals surface area contributed by atoms with Gasteiger partial charge in [-0.15, -0.1) is 0 Å². The molecule has 1 aliphatic carbocycles. The van der Waals surface area contributed by atoms with Crippen molar-refractivity contribution in [3.05, 3.63) is 59.4 Å². The van der Waals surface area contributed by atoms with E-state index in [0.717, 1.165) is 12.1 Å². The van der Waals surface area contributed by atoms with Crippen LogP contribution in [0.25, 0.3) is 0 Å². The number of hydrogen-bond donors (Lipinski definition) is 1. The highest BCUT2D eigenvalue weighted by Crippen LogP contribution is 2.44. The Morgan fingerprint density at radius 3 is 1.77 bits per heavy atom. The number of alkyl halides is 6. The second kappa shape index (κ2) is 8.73. The van der Waals surface area contributed by atoms with Crippen LogP contribution in [0.4, 0.5) is 30.7 Å². The summed E-state index contributed by atoms with van der Waals surface area (Å²) < 4.78 is 143. The molecule has 1 aliphatic rings. The van der Waals surface area contributed by atoms with E-state index in [2.05, 4.69) is 4.72 Å². The van der Waals surface area contributed by atoms with E-state index < -0.39 is 75.7 Å². The molecule has 1 fully saturated rings. The largest absolute Gasteiger partial charge is 0.416 e. The van der Waals surface area contributed by atoms with E-state index in [1.807, 2.05) is 0 Å². The molecule has 0 saturated heterocycles. The van der Waals surface area contributed by atoms with E-state index in [4.69, 9.17) is 0 Å². The summed E-state index contributed by atoms with van der Waals surface area (Å²) in [5.41, 5.74) is -2.49. The van der Waals surface area contributed by atoms with Crippen molar-refractivity contribution in [3.63, 3.8) is 0 Å². The van der Waals surface area contributed by atoms with Crippen LogP contribution in [0.5, 0.6) is 0 Å². The number of halogens is 7. The maximum atomic E-state index is 13.8. The van der Waals surface area contributed by atoms with E-state index in [9.17, 15) is 47.6 Å². The van der Waals surface area contributed by atoms with Gasteiger partial charge in [-0.3, -0.25) is 0 Å². The zero-order chi connectivity index (χ0) is 26.6. The van der Waals surface area contributed by atoms with E-state index in [1.165, 1.54) is 13.8 Å². The van der Waals surface area contributed by atoms with E-state index in [1.54, 1.807) is 0 Å². The number of rotatable bonds is 6. The molecule has 3 rings (SSSR count). The molecule has 0 heterocycles. The van der Waals surface area contributed by atoms with Crippen LogP contribution >= 0.6 is 0 Å². The fraction of sp³-hybridized carbons (Fsp3) is 0.429. The SMILES string of the molecule is CC(C)([C@H]1C[C@@H](NS(=O)(=O)c2ccc(C(F)(F)F)cc2)C1)S(=O)(=O)c1cc(F)cc(C(F)(F)F)c1. The summed E-state index contributed by atoms with van der Waals surface area (Å²) in [4.78, 5) is -1.26. The summed E-state index contributed by atoms with van der Waals surface area (Å²) in [5, 5.41) is 0. The lowest BCUT2D eigenvalue weighted by atomic mass is 9.73. The van der Waals surface area contributed by atoms with E-state index in [-0.39, 0.29) is 18.9 Å². The van der Waals surface area contributed by atoms with Gasteiger partial charge in [0.2, 0.25) is 10.0 Å². The van der Waals surface area contributed by atoms with Gasteiger partial charge < -0.3 is 0 Å². The minimum Gasteiger partial charge on any atom is -0.223 e. The highest BCUT2D eigenvalue weighted by Gasteiger charge is 2.49. The third-order valence-electron chi connectivity index (χ3n) is 6.14. The molecule has 0 aliphatic heterocycles. The first-order valence-corrected chi connectivity index (χ1v) is 13.0. The van der Waals surface area contributed by atoms with Crippen LogP contribution in [0, 0.1) is 11.7 Å². The van der Waals surface area contributed by atoms with Gasteiger partial charge in [0.15, 0.2) is 9.84 Å². The van der Waals surface area contributed by atoms with Crippen LogP contribution in [0.3, 0.4) is 0 Å². The molecule has 0 atom stereocenters. The lowest BCUT2D eigenvalue weighted by Crippen LogP contribution is -2.53. The standard InChI is InChI=1S/C21H20F7NO4S2/c1-19(2,34(30,31)18-10-14(21(26,27)28)7-15(22)11-18)13-8-16(9-13)29-35(32,33)17-5-3-12(4-6-17)20(23,24)25/h3-7,10-11,13,16,29H,8-9H2,1-2H3/t13-,16+. The van der Waals surface area contributed by atoms with Crippen molar-refractivity contribution < 1.29 is 47.6 Å². The summed E-state index contributed by atoms with van der Waals surface area (Å²) in [5.74, 6) is -2.06. The Labute approximate surface area is 197 Å². The molecular formula is C21H20F7NO4S2. The quantitative estimate of drug-likeness (QED) is 0.506. The van der Waals surface area contributed by atoms with E-state index in [0.29, 0.717) is 24.3 Å². The van der Waals surface area contributed by atoms with Crippen molar-refractivity contribution in [2.45, 2.75) is 59.6 Å². The van der Waals surface area contributed by atoms with Gasteiger partial charge in [-0.25, -0.2) is 25.9 Å². The molecule has 1 saturated carbocycles. The van der Waals surface area contributed by atoms with Gasteiger partial charge in [0.05, 0.1) is 25.7 Å². The van der Waals surface area contributed by atoms with Crippen molar-refractivity contribution >= 4 is 19.9 Å². The van der Waals surface area contributed by atoms with Crippen LogP contribution in [-0.4, -0.2) is 27.6 Å². The minimum atomic E-state index is -4.96. The highest BCUT2D eigenvalue weighted by molar-refractivity contribution is 7.92. The van der Waals surface area contributed by atoms with Crippen LogP contribution < -0.4 is 4.72 Å². The Hall–Kier alpha value is -2.19. The molecule has 0 amide bonds. The summed E-state index contributed by atoms with van der Waals surface area (Å²) in [7, 11) is -8.67. The van der Waals surface area contributed by atoms with Crippen LogP contribution in [0.15, 0.2) is 52.3 Å². The number of benzene rings is 2. The number of sulfone groups is 1. The summed E-state index contributed by atoms with van der Waals surface area (Å²) >= 11 is 0. The molecule has 0 bridgehead atoms. The average Bonchev–Trinajstić information content (AvgIpc) is 2.68. The Bertz CT molecular complexity index is 1310. The second-order valence-electron chi connectivity index (χ2n) is 8.79. The summed E-state index contributed by atoms with van der Waals surface area (Å²) in [6, 6.07) is 3.08. The third kappa shape index (κ3) is 5.48. The smallest absolute Gasteiger partial charge is 0.223 e. The number of hydrogen-bond acceptors (Lipinski definition) is 4. The second-order valence-corrected chi connectivity index (χ2v) is 13.0. The number of nitrogens with one attached hydrogen (secondary N) is 1. The van der Waals surface area contributed by atoms with Crippen molar-refractivity contribution in [2.24, 2.45) is 5.92 Å². The monoisotopic (exact) mass is 547 g/mol. The van der Waals surface area contributed by atoms with Gasteiger partial charge in [-0.05, 0) is 75.1 Å². The van der Waals surface area contributed by atoms with Gasteiger partial charge in [0, 0.05) is 6.04 Å². The van der Waals surface area contributed by atoms with Gasteiger partial charge in [-0.1, -0.05) is 0 Å². The highest BCUT2D eigenvalue weighted by atomic mass is 32.2. The predicted molar refractivity (Wildman–Crippen MR) is 111 cm³/mol. The van der Waals surface area contributed by atoms with Crippen molar-refractivity contribution in [2.75, 3.05) is 0 Å². The van der Waals surface area contributed by atoms with Crippen molar-refractivity contribution in [3.8, 4) is 0 Å². The molecule has 35 heavy (non-hydrogen) atoms. The topological polar surface area (TPSA) is 80.3 Å². The van der Waals surface area contributed by atoms with Crippen LogP contribution in [0.2, 0.25) is 0 Å². The zero-order valence-electron chi connectivity index (χ0n) is 18.2. The molecule has 0 radical (unpaired) electrons. The van der Waals surface area contributed by atoms with Gasteiger partial charge in [0.25, 0.3) is 0 Å². The van der Waals surface area contributed by atoms with Crippen molar-refractivity contribution in [1.82, 2.24) is 4.72 Å². The first-order valence-electron chi connectivity index (χ1n) is 10.1. The summed E-state index contributed by atoms with van der Waals surface area (Å²) in [6.07, 6.45) is -9.62. The van der Waals surface area contributed by atoms with Crippen LogP contribution in [-0.2, 0) is 32.2 Å². The average molecular weight is 548 g/mol. The zero-order valence-corrected chi connectivity index (χ0v) is 19.8. The predicted octanol–water partition coefficient (Wildman–Crippen LogP) is 5.17. The fourth-order valence-electron chi connectivity index (χ4n) is 3.80. The maximum Gasteiger partial charge on any atom is 0.416 e. The molecular weight excluding hydrogens is 527 g/mol. The molecule has 194 valence electrons. The molecule has 0 aromatic heterocycles. The van der Waals surface area contributed by atoms with Crippen LogP contribution in [0.1, 0.15) is 37.8 Å². The third-order valence-corrected chi connectivity index (χ3v) is 10.2. The minimum absolute atomic E-state index is 0.00641. The molecule has 14 heteroatoms. The first-order chi connectivity index (χ1) is 15.7. The molecule has 2 aromatic rings. The van der Waals surface area contributed by atoms with Crippen molar-refractivity contribution in [1.29, 1.82) is 0 Å². The normalized spacial score (nSPS) is 19.9. The van der Waals surface area contributed by atoms with E-state index >= 15 is 0 Å². The number of sulfonamides is 1. The molecule has 2 aromatic carbocycles. The first kappa shape index (κ1) is 27.4. The Balaban J connectivity index is 1.74. The molecule has 0 spiro atoms. The molecule has 5 nitrogen and oxygen atoms in total. The summed E-state index contributed by atoms with van der Waals surface area (Å²) in [6.45, 7) is 2.51. The van der Waals surface area contributed by atoms with Gasteiger partial charge in [0.1, 0.15) is 5.82 Å². The lowest BCUT2D eigenvalue weighted by molar-refractivity contribution is -0.138. The van der Waals surface area contributed by atoms with Gasteiger partial charge >= 0.3 is 12.4 Å². The maximum absolute atomic E-state index is 13.8. The van der Waals surface area contributed by atoms with Gasteiger partial charge in [-0.2, -0.15) is 26.3 Å². The Kier molecular flexibility index (Phi) is 6.83. The Morgan fingerprint density at radius 1 is 0.771 bits per heavy atom.